The van der Waals surface area contributed by atoms with Crippen molar-refractivity contribution in [3.63, 3.8) is 0 Å². The summed E-state index contributed by atoms with van der Waals surface area (Å²) in [7, 11) is 0. The van der Waals surface area contributed by atoms with Gasteiger partial charge in [-0.25, -0.2) is 4.79 Å². The van der Waals surface area contributed by atoms with Crippen molar-refractivity contribution < 1.29 is 4.79 Å². The van der Waals surface area contributed by atoms with Crippen LogP contribution < -0.4 is 10.6 Å². The Bertz CT molecular complexity index is 1160. The number of hydrogen-bond acceptors (Lipinski definition) is 2. The fourth-order valence-corrected chi connectivity index (χ4v) is 7.01. The molecule has 2 unspecified atom stereocenters. The van der Waals surface area contributed by atoms with Gasteiger partial charge in [0.2, 0.25) is 0 Å². The summed E-state index contributed by atoms with van der Waals surface area (Å²) in [6, 6.07) is 25.0. The van der Waals surface area contributed by atoms with E-state index < -0.39 is 0 Å². The number of fused-ring (bicyclic) bond motifs is 6. The molecular weight excluding hydrogens is 430 g/mol. The van der Waals surface area contributed by atoms with Crippen LogP contribution in [0.5, 0.6) is 0 Å². The summed E-state index contributed by atoms with van der Waals surface area (Å²) < 4.78 is 0. The predicted molar refractivity (Wildman–Crippen MR) is 142 cm³/mol. The lowest BCUT2D eigenvalue weighted by atomic mass is 9.81. The van der Waals surface area contributed by atoms with Crippen LogP contribution in [0.3, 0.4) is 0 Å². The number of hydrogen-bond donors (Lipinski definition) is 2. The summed E-state index contributed by atoms with van der Waals surface area (Å²) in [4.78, 5) is 15.5. The van der Waals surface area contributed by atoms with Gasteiger partial charge in [-0.15, -0.1) is 0 Å². The third-order valence-electron chi connectivity index (χ3n) is 8.85. The van der Waals surface area contributed by atoms with Gasteiger partial charge in [-0.2, -0.15) is 0 Å². The molecule has 2 bridgehead atoms. The zero-order valence-corrected chi connectivity index (χ0v) is 20.7. The minimum Gasteiger partial charge on any atom is -0.338 e. The Kier molecular flexibility index (Phi) is 6.24. The highest BCUT2D eigenvalue weighted by Gasteiger charge is 2.44. The Morgan fingerprint density at radius 2 is 1.46 bits per heavy atom. The van der Waals surface area contributed by atoms with Crippen LogP contribution in [0, 0.1) is 11.8 Å². The summed E-state index contributed by atoms with van der Waals surface area (Å²) in [5.41, 5.74) is 4.34. The largest absolute Gasteiger partial charge is 0.338 e. The second-order valence-corrected chi connectivity index (χ2v) is 11.0. The number of nitrogens with one attached hydrogen (secondary N) is 2. The zero-order valence-electron chi connectivity index (χ0n) is 20.7. The molecule has 35 heavy (non-hydrogen) atoms. The average molecular weight is 468 g/mol. The van der Waals surface area contributed by atoms with Gasteiger partial charge in [0.05, 0.1) is 6.04 Å². The maximum atomic E-state index is 12.7. The van der Waals surface area contributed by atoms with E-state index in [9.17, 15) is 4.79 Å². The van der Waals surface area contributed by atoms with Crippen molar-refractivity contribution in [1.29, 1.82) is 0 Å². The van der Waals surface area contributed by atoms with Crippen LogP contribution in [0.15, 0.2) is 66.7 Å². The van der Waals surface area contributed by atoms with E-state index in [2.05, 4.69) is 89.2 Å². The number of carbonyl (C=O) groups excluding carboxylic acids is 1. The van der Waals surface area contributed by atoms with Crippen molar-refractivity contribution in [3.05, 3.63) is 83.4 Å². The molecular formula is C31H37N3O. The molecule has 3 aromatic rings. The molecule has 3 aliphatic rings. The smallest absolute Gasteiger partial charge is 0.315 e. The van der Waals surface area contributed by atoms with Gasteiger partial charge < -0.3 is 10.6 Å². The topological polar surface area (TPSA) is 44.4 Å². The minimum atomic E-state index is -0.0565. The first kappa shape index (κ1) is 22.6. The van der Waals surface area contributed by atoms with Crippen molar-refractivity contribution in [2.45, 2.75) is 63.6 Å². The maximum Gasteiger partial charge on any atom is 0.315 e. The Labute approximate surface area is 209 Å². The Morgan fingerprint density at radius 1 is 0.829 bits per heavy atom. The molecule has 2 N–H and O–H groups in total. The zero-order chi connectivity index (χ0) is 23.8. The standard InChI is InChI=1S/C31H37N3O/c1-21(25-12-6-8-24-7-2-3-9-26(24)25)33-31(35)32-19-22-13-15-23(16-14-22)20-34-29-17-18-30(34)28-11-5-4-10-27(28)29/h2-12,21-23,29-30H,13-20H2,1H3,(H2,32,33,35)/t21-,22?,23?,29?,30?/m1/s1. The Balaban J connectivity index is 0.963. The van der Waals surface area contributed by atoms with E-state index in [0.717, 1.165) is 18.0 Å². The van der Waals surface area contributed by atoms with Gasteiger partial charge in [-0.1, -0.05) is 66.7 Å². The van der Waals surface area contributed by atoms with E-state index in [1.807, 2.05) is 0 Å². The normalized spacial score (nSPS) is 26.4. The highest BCUT2D eigenvalue weighted by molar-refractivity contribution is 5.86. The van der Waals surface area contributed by atoms with Gasteiger partial charge >= 0.3 is 6.03 Å². The highest BCUT2D eigenvalue weighted by atomic mass is 16.2. The number of benzene rings is 3. The van der Waals surface area contributed by atoms with Crippen molar-refractivity contribution in [2.75, 3.05) is 13.1 Å². The van der Waals surface area contributed by atoms with Gasteiger partial charge in [0.15, 0.2) is 0 Å². The Hall–Kier alpha value is -2.85. The molecule has 4 heteroatoms. The molecule has 0 aromatic heterocycles. The van der Waals surface area contributed by atoms with E-state index >= 15 is 0 Å². The van der Waals surface area contributed by atoms with Gasteiger partial charge in [-0.3, -0.25) is 4.90 Å². The fourth-order valence-electron chi connectivity index (χ4n) is 7.01. The lowest BCUT2D eigenvalue weighted by Gasteiger charge is -2.33. The van der Waals surface area contributed by atoms with Crippen LogP contribution >= 0.6 is 0 Å². The molecule has 1 saturated heterocycles. The van der Waals surface area contributed by atoms with Crippen molar-refractivity contribution >= 4 is 16.8 Å². The SMILES string of the molecule is C[C@@H](NC(=O)NCC1CCC(CN2C3CCC2c2ccccc23)CC1)c1cccc2ccccc12. The third-order valence-corrected chi connectivity index (χ3v) is 8.85. The molecule has 2 heterocycles. The predicted octanol–water partition coefficient (Wildman–Crippen LogP) is 6.90. The quantitative estimate of drug-likeness (QED) is 0.414. The van der Waals surface area contributed by atoms with Crippen LogP contribution in [0.1, 0.15) is 80.3 Å². The van der Waals surface area contributed by atoms with Crippen LogP contribution in [0.2, 0.25) is 0 Å². The first-order valence-electron chi connectivity index (χ1n) is 13.5. The van der Waals surface area contributed by atoms with Gasteiger partial charge in [-0.05, 0) is 84.7 Å². The monoisotopic (exact) mass is 467 g/mol. The van der Waals surface area contributed by atoms with Gasteiger partial charge in [0, 0.05) is 25.2 Å². The van der Waals surface area contributed by atoms with Crippen LogP contribution in [-0.2, 0) is 0 Å². The number of nitrogens with zero attached hydrogens (tertiary/aromatic N) is 1. The van der Waals surface area contributed by atoms with Crippen molar-refractivity contribution in [3.8, 4) is 0 Å². The molecule has 1 saturated carbocycles. The maximum absolute atomic E-state index is 12.7. The molecule has 2 amide bonds. The molecule has 0 spiro atoms. The number of amides is 2. The average Bonchev–Trinajstić information content (AvgIpc) is 3.43. The molecule has 2 aliphatic heterocycles. The fraction of sp³-hybridized carbons (Fsp3) is 0.452. The van der Waals surface area contributed by atoms with E-state index in [0.29, 0.717) is 18.0 Å². The van der Waals surface area contributed by atoms with Gasteiger partial charge in [0.25, 0.3) is 0 Å². The van der Waals surface area contributed by atoms with Gasteiger partial charge in [0.1, 0.15) is 0 Å². The van der Waals surface area contributed by atoms with Crippen LogP contribution in [0.4, 0.5) is 4.79 Å². The highest BCUT2D eigenvalue weighted by Crippen LogP contribution is 2.53. The molecule has 2 fully saturated rings. The third kappa shape index (κ3) is 4.45. The van der Waals surface area contributed by atoms with Crippen LogP contribution in [-0.4, -0.2) is 24.0 Å². The number of carbonyl (C=O) groups is 1. The van der Waals surface area contributed by atoms with Crippen LogP contribution in [0.25, 0.3) is 10.8 Å². The van der Waals surface area contributed by atoms with Crippen molar-refractivity contribution in [2.24, 2.45) is 11.8 Å². The van der Waals surface area contributed by atoms with E-state index in [1.54, 1.807) is 11.1 Å². The van der Waals surface area contributed by atoms with E-state index in [-0.39, 0.29) is 12.1 Å². The molecule has 3 atom stereocenters. The summed E-state index contributed by atoms with van der Waals surface area (Å²) in [6.07, 6.45) is 7.67. The summed E-state index contributed by atoms with van der Waals surface area (Å²) in [5.74, 6) is 1.39. The second-order valence-electron chi connectivity index (χ2n) is 11.0. The first-order chi connectivity index (χ1) is 17.2. The van der Waals surface area contributed by atoms with E-state index in [1.165, 1.54) is 55.8 Å². The van der Waals surface area contributed by atoms with E-state index in [4.69, 9.17) is 0 Å². The number of urea groups is 1. The molecule has 182 valence electrons. The molecule has 1 aliphatic carbocycles. The first-order valence-corrected chi connectivity index (χ1v) is 13.5. The summed E-state index contributed by atoms with van der Waals surface area (Å²) >= 11 is 0. The molecule has 3 aromatic carbocycles. The Morgan fingerprint density at radius 3 is 2.20 bits per heavy atom. The molecule has 4 nitrogen and oxygen atoms in total. The second kappa shape index (κ2) is 9.66. The number of rotatable bonds is 6. The molecule has 0 radical (unpaired) electrons. The summed E-state index contributed by atoms with van der Waals surface area (Å²) in [5, 5.41) is 8.73. The lowest BCUT2D eigenvalue weighted by molar-refractivity contribution is 0.149. The molecule has 6 rings (SSSR count). The lowest BCUT2D eigenvalue weighted by Crippen LogP contribution is -2.40. The minimum absolute atomic E-state index is 0.0307. The van der Waals surface area contributed by atoms with Crippen molar-refractivity contribution in [1.82, 2.24) is 15.5 Å². The summed E-state index contributed by atoms with van der Waals surface area (Å²) in [6.45, 7) is 4.09.